The lowest BCUT2D eigenvalue weighted by molar-refractivity contribution is -0.118. The van der Waals surface area contributed by atoms with Gasteiger partial charge in [0.25, 0.3) is 0 Å². The number of anilines is 1. The summed E-state index contributed by atoms with van der Waals surface area (Å²) in [4.78, 5) is 17.9. The number of hydrogen-bond acceptors (Lipinski definition) is 7. The number of nitriles is 1. The minimum Gasteiger partial charge on any atom is -0.496 e. The van der Waals surface area contributed by atoms with Gasteiger partial charge in [-0.15, -0.1) is 0 Å². The molecule has 0 amide bonds. The van der Waals surface area contributed by atoms with Gasteiger partial charge < -0.3 is 15.2 Å². The van der Waals surface area contributed by atoms with Crippen LogP contribution in [0.4, 0.5) is 10.1 Å². The first-order valence-corrected chi connectivity index (χ1v) is 12.9. The predicted molar refractivity (Wildman–Crippen MR) is 143 cm³/mol. The molecule has 1 saturated heterocycles. The van der Waals surface area contributed by atoms with Gasteiger partial charge in [0.15, 0.2) is 5.78 Å². The summed E-state index contributed by atoms with van der Waals surface area (Å²) >= 11 is 0. The maximum Gasteiger partial charge on any atom is 0.162 e. The van der Waals surface area contributed by atoms with E-state index in [-0.39, 0.29) is 22.8 Å². The highest BCUT2D eigenvalue weighted by Crippen LogP contribution is 2.50. The van der Waals surface area contributed by atoms with Crippen LogP contribution in [0.5, 0.6) is 5.75 Å². The van der Waals surface area contributed by atoms with Gasteiger partial charge in [-0.3, -0.25) is 14.6 Å². The van der Waals surface area contributed by atoms with Crippen LogP contribution in [0.25, 0.3) is 0 Å². The Balaban J connectivity index is 1.66. The van der Waals surface area contributed by atoms with Crippen LogP contribution in [-0.2, 0) is 16.1 Å². The van der Waals surface area contributed by atoms with Crippen molar-refractivity contribution in [3.05, 3.63) is 82.1 Å². The zero-order chi connectivity index (χ0) is 27.0. The lowest BCUT2D eigenvalue weighted by Crippen LogP contribution is -2.42. The third-order valence-corrected chi connectivity index (χ3v) is 7.60. The van der Waals surface area contributed by atoms with E-state index in [9.17, 15) is 14.4 Å². The summed E-state index contributed by atoms with van der Waals surface area (Å²) in [6.07, 6.45) is 0.965. The van der Waals surface area contributed by atoms with E-state index in [1.165, 1.54) is 12.1 Å². The fraction of sp³-hybridized carbons (Fsp3) is 0.400. The molecule has 1 aliphatic carbocycles. The Morgan fingerprint density at radius 3 is 2.53 bits per heavy atom. The van der Waals surface area contributed by atoms with Gasteiger partial charge in [0.1, 0.15) is 17.4 Å². The minimum atomic E-state index is -0.593. The van der Waals surface area contributed by atoms with Crippen molar-refractivity contribution in [2.45, 2.75) is 39.2 Å². The molecule has 0 spiro atoms. The number of ketones is 1. The van der Waals surface area contributed by atoms with E-state index in [2.05, 4.69) is 24.8 Å². The van der Waals surface area contributed by atoms with Crippen molar-refractivity contribution in [2.75, 3.05) is 38.3 Å². The largest absolute Gasteiger partial charge is 0.496 e. The van der Waals surface area contributed by atoms with Gasteiger partial charge in [0.2, 0.25) is 0 Å². The minimum absolute atomic E-state index is 0.000779. The maximum atomic E-state index is 13.8. The Morgan fingerprint density at radius 1 is 1.16 bits per heavy atom. The average molecular weight is 517 g/mol. The number of halogens is 1. The first-order chi connectivity index (χ1) is 18.2. The van der Waals surface area contributed by atoms with Gasteiger partial charge in [-0.1, -0.05) is 19.9 Å². The Hall–Kier alpha value is -3.67. The van der Waals surface area contributed by atoms with Crippen LogP contribution in [0.1, 0.15) is 43.7 Å². The number of ether oxygens (including phenoxy) is 2. The van der Waals surface area contributed by atoms with E-state index in [0.717, 1.165) is 35.7 Å². The second kappa shape index (κ2) is 10.2. The van der Waals surface area contributed by atoms with Gasteiger partial charge in [0, 0.05) is 48.6 Å². The number of hydrogen-bond donors (Lipinski definition) is 1. The Morgan fingerprint density at radius 2 is 1.87 bits per heavy atom. The summed E-state index contributed by atoms with van der Waals surface area (Å²) in [5.41, 5.74) is 10.5. The number of rotatable bonds is 5. The summed E-state index contributed by atoms with van der Waals surface area (Å²) in [6.45, 7) is 7.79. The molecule has 2 aromatic carbocycles. The van der Waals surface area contributed by atoms with E-state index in [1.807, 2.05) is 18.2 Å². The van der Waals surface area contributed by atoms with Crippen LogP contribution in [0.15, 0.2) is 65.1 Å². The molecule has 3 aliphatic rings. The molecule has 2 heterocycles. The van der Waals surface area contributed by atoms with Crippen LogP contribution in [0, 0.1) is 22.6 Å². The molecule has 7 nitrogen and oxygen atoms in total. The molecule has 0 aromatic heterocycles. The van der Waals surface area contributed by atoms with Crippen molar-refractivity contribution in [1.82, 2.24) is 4.90 Å². The van der Waals surface area contributed by atoms with E-state index in [4.69, 9.17) is 15.2 Å². The van der Waals surface area contributed by atoms with E-state index in [0.29, 0.717) is 49.4 Å². The molecule has 1 fully saturated rings. The molecule has 2 N–H and O–H groups in total. The zero-order valence-electron chi connectivity index (χ0n) is 22.1. The Labute approximate surface area is 222 Å². The van der Waals surface area contributed by atoms with Crippen LogP contribution < -0.4 is 15.4 Å². The molecule has 2 aliphatic heterocycles. The number of methoxy groups -OCH3 is 1. The molecular weight excluding hydrogens is 483 g/mol. The third kappa shape index (κ3) is 4.80. The molecule has 0 bridgehead atoms. The molecule has 0 saturated carbocycles. The molecule has 2 aromatic rings. The number of Topliss-reactive ketones (excluding diaryl/α,β-unsaturated/α-hetero) is 1. The highest BCUT2D eigenvalue weighted by atomic mass is 19.1. The van der Waals surface area contributed by atoms with Crippen molar-refractivity contribution in [3.63, 3.8) is 0 Å². The lowest BCUT2D eigenvalue weighted by Gasteiger charge is -2.43. The van der Waals surface area contributed by atoms with Crippen molar-refractivity contribution in [2.24, 2.45) is 11.1 Å². The van der Waals surface area contributed by atoms with Gasteiger partial charge in [0.05, 0.1) is 37.9 Å². The van der Waals surface area contributed by atoms with Crippen LogP contribution in [0.3, 0.4) is 0 Å². The quantitative estimate of drug-likeness (QED) is 0.621. The first kappa shape index (κ1) is 26.0. The summed E-state index contributed by atoms with van der Waals surface area (Å²) in [6, 6.07) is 14.1. The highest BCUT2D eigenvalue weighted by molar-refractivity contribution is 6.01. The number of carbonyl (C=O) groups is 1. The molecule has 38 heavy (non-hydrogen) atoms. The first-order valence-electron chi connectivity index (χ1n) is 12.9. The Bertz CT molecular complexity index is 1350. The van der Waals surface area contributed by atoms with Gasteiger partial charge in [-0.05, 0) is 53.8 Å². The normalized spacial score (nSPS) is 21.8. The molecule has 0 radical (unpaired) electrons. The lowest BCUT2D eigenvalue weighted by atomic mass is 9.68. The second-order valence-corrected chi connectivity index (χ2v) is 10.9. The summed E-state index contributed by atoms with van der Waals surface area (Å²) in [5, 5.41) is 10.4. The number of carbonyl (C=O) groups excluding carboxylic acids is 1. The van der Waals surface area contributed by atoms with Crippen molar-refractivity contribution < 1.29 is 18.7 Å². The van der Waals surface area contributed by atoms with Gasteiger partial charge >= 0.3 is 0 Å². The predicted octanol–water partition coefficient (Wildman–Crippen LogP) is 4.61. The zero-order valence-corrected chi connectivity index (χ0v) is 22.1. The summed E-state index contributed by atoms with van der Waals surface area (Å²) in [7, 11) is 1.64. The molecular formula is C30H33FN4O3. The number of morpholine rings is 1. The molecule has 198 valence electrons. The summed E-state index contributed by atoms with van der Waals surface area (Å²) < 4.78 is 24.9. The van der Waals surface area contributed by atoms with Crippen molar-refractivity contribution >= 4 is 11.5 Å². The molecule has 0 unspecified atom stereocenters. The van der Waals surface area contributed by atoms with E-state index in [1.54, 1.807) is 24.1 Å². The fourth-order valence-electron chi connectivity index (χ4n) is 5.83. The average Bonchev–Trinajstić information content (AvgIpc) is 2.89. The van der Waals surface area contributed by atoms with Gasteiger partial charge in [-0.25, -0.2) is 4.39 Å². The number of nitrogens with two attached hydrogens (primary N) is 1. The van der Waals surface area contributed by atoms with Crippen LogP contribution in [0.2, 0.25) is 0 Å². The number of allylic oxidation sites excluding steroid dienone is 3. The molecule has 1 atom stereocenters. The van der Waals surface area contributed by atoms with Crippen LogP contribution >= 0.6 is 0 Å². The monoisotopic (exact) mass is 516 g/mol. The third-order valence-electron chi connectivity index (χ3n) is 7.60. The fourth-order valence-corrected chi connectivity index (χ4v) is 5.83. The smallest absolute Gasteiger partial charge is 0.162 e. The van der Waals surface area contributed by atoms with Gasteiger partial charge in [-0.2, -0.15) is 5.26 Å². The Kier molecular flexibility index (Phi) is 6.99. The number of nitrogens with zero attached hydrogens (tertiary/aromatic N) is 3. The van der Waals surface area contributed by atoms with Crippen molar-refractivity contribution in [1.29, 1.82) is 5.26 Å². The maximum absolute atomic E-state index is 13.8. The SMILES string of the molecule is COc1ccc([C@H]2C(C#N)=C(N)N(c3ccc(F)cc3)C3=C2C(=O)CC(C)(C)C3)cc1CN1CCOCC1. The highest BCUT2D eigenvalue weighted by Gasteiger charge is 2.44. The van der Waals surface area contributed by atoms with E-state index >= 15 is 0 Å². The number of benzene rings is 2. The topological polar surface area (TPSA) is 91.8 Å². The molecule has 8 heteroatoms. The van der Waals surface area contributed by atoms with Crippen LogP contribution in [-0.4, -0.2) is 44.1 Å². The summed E-state index contributed by atoms with van der Waals surface area (Å²) in [5.74, 6) is 0.0550. The second-order valence-electron chi connectivity index (χ2n) is 10.9. The van der Waals surface area contributed by atoms with E-state index < -0.39 is 5.92 Å². The molecule has 5 rings (SSSR count). The standard InChI is InChI=1S/C30H33FN4O3/c1-30(2)15-24-28(25(36)16-30)27(23(17-32)29(33)35(24)22-7-5-21(31)6-8-22)19-4-9-26(37-3)20(14-19)18-34-10-12-38-13-11-34/h4-9,14,27H,10-13,15-16,18,33H2,1-3H3/t27-/m0/s1. The van der Waals surface area contributed by atoms with Crippen molar-refractivity contribution in [3.8, 4) is 11.8 Å².